The summed E-state index contributed by atoms with van der Waals surface area (Å²) in [5.74, 6) is 0.592. The Morgan fingerprint density at radius 2 is 2.14 bits per heavy atom. The molecule has 0 spiro atoms. The van der Waals surface area contributed by atoms with Crippen LogP contribution in [0.2, 0.25) is 0 Å². The first kappa shape index (κ1) is 14.8. The third-order valence-electron chi connectivity index (χ3n) is 4.59. The van der Waals surface area contributed by atoms with Crippen molar-refractivity contribution in [3.05, 3.63) is 11.1 Å². The summed E-state index contributed by atoms with van der Waals surface area (Å²) >= 11 is 3.09. The van der Waals surface area contributed by atoms with E-state index in [1.54, 1.807) is 11.3 Å². The van der Waals surface area contributed by atoms with Crippen LogP contribution in [0.25, 0.3) is 10.6 Å². The normalized spacial score (nSPS) is 17.2. The van der Waals surface area contributed by atoms with Crippen LogP contribution in [0.15, 0.2) is 5.38 Å². The van der Waals surface area contributed by atoms with Crippen LogP contribution in [0.1, 0.15) is 44.7 Å². The Kier molecular flexibility index (Phi) is 4.17. The number of hydrogen-bond acceptors (Lipinski definition) is 6. The number of nitrogen functional groups attached to an aromatic ring is 1. The van der Waals surface area contributed by atoms with Gasteiger partial charge in [-0.3, -0.25) is 0 Å². The van der Waals surface area contributed by atoms with Crippen molar-refractivity contribution < 1.29 is 0 Å². The maximum absolute atomic E-state index is 6.06. The second-order valence-corrected chi connectivity index (χ2v) is 7.61. The summed E-state index contributed by atoms with van der Waals surface area (Å²) in [5.41, 5.74) is 8.53. The van der Waals surface area contributed by atoms with Crippen LogP contribution in [0.4, 0.5) is 10.8 Å². The number of hydrogen-bond donors (Lipinski definition) is 2. The fourth-order valence-electron chi connectivity index (χ4n) is 3.15. The molecule has 0 unspecified atom stereocenters. The van der Waals surface area contributed by atoms with E-state index in [0.29, 0.717) is 11.2 Å². The molecule has 21 heavy (non-hydrogen) atoms. The molecule has 6 heteroatoms. The monoisotopic (exact) mass is 322 g/mol. The molecule has 0 aromatic carbocycles. The Morgan fingerprint density at radius 1 is 1.38 bits per heavy atom. The topological polar surface area (TPSA) is 63.8 Å². The minimum absolute atomic E-state index is 0.453. The predicted molar refractivity (Wildman–Crippen MR) is 92.1 cm³/mol. The Bertz CT molecular complexity index is 611. The van der Waals surface area contributed by atoms with Gasteiger partial charge in [-0.05, 0) is 43.1 Å². The van der Waals surface area contributed by atoms with Gasteiger partial charge in [0.25, 0.3) is 0 Å². The number of rotatable bonds is 5. The molecule has 3 rings (SSSR count). The first-order valence-corrected chi connectivity index (χ1v) is 9.20. The lowest BCUT2D eigenvalue weighted by Gasteiger charge is -2.27. The van der Waals surface area contributed by atoms with Crippen LogP contribution in [-0.2, 0) is 0 Å². The van der Waals surface area contributed by atoms with Crippen molar-refractivity contribution >= 4 is 33.7 Å². The lowest BCUT2D eigenvalue weighted by Crippen LogP contribution is -2.25. The molecule has 0 radical (unpaired) electrons. The number of thiazole rings is 1. The van der Waals surface area contributed by atoms with E-state index >= 15 is 0 Å². The molecule has 1 fully saturated rings. The molecular formula is C15H22N4S2. The molecule has 0 atom stereocenters. The second-order valence-electron chi connectivity index (χ2n) is 5.98. The van der Waals surface area contributed by atoms with E-state index in [-0.39, 0.29) is 0 Å². The van der Waals surface area contributed by atoms with Gasteiger partial charge in [0.1, 0.15) is 15.8 Å². The molecule has 1 saturated carbocycles. The molecule has 0 aliphatic heterocycles. The van der Waals surface area contributed by atoms with Crippen molar-refractivity contribution in [2.45, 2.75) is 46.0 Å². The van der Waals surface area contributed by atoms with Gasteiger partial charge < -0.3 is 11.1 Å². The lowest BCUT2D eigenvalue weighted by molar-refractivity contribution is 0.307. The minimum Gasteiger partial charge on any atom is -0.382 e. The first-order valence-electron chi connectivity index (χ1n) is 7.55. The van der Waals surface area contributed by atoms with E-state index in [1.165, 1.54) is 43.6 Å². The Hall–Kier alpha value is -1.14. The van der Waals surface area contributed by atoms with Gasteiger partial charge in [-0.2, -0.15) is 4.37 Å². The van der Waals surface area contributed by atoms with Crippen molar-refractivity contribution in [2.75, 3.05) is 17.6 Å². The van der Waals surface area contributed by atoms with Crippen molar-refractivity contribution in [3.8, 4) is 10.6 Å². The molecular weight excluding hydrogens is 300 g/mol. The van der Waals surface area contributed by atoms with Crippen molar-refractivity contribution in [3.63, 3.8) is 0 Å². The van der Waals surface area contributed by atoms with Gasteiger partial charge in [-0.25, -0.2) is 4.98 Å². The molecule has 2 heterocycles. The van der Waals surface area contributed by atoms with Gasteiger partial charge in [0.15, 0.2) is 0 Å². The highest BCUT2D eigenvalue weighted by atomic mass is 32.1. The average molecular weight is 323 g/mol. The molecule has 2 aromatic heterocycles. The van der Waals surface area contributed by atoms with Gasteiger partial charge in [0, 0.05) is 17.6 Å². The molecule has 114 valence electrons. The third-order valence-corrected chi connectivity index (χ3v) is 6.39. The SMILES string of the molecule is CCC1(CNc2snc(N)c2-c2nc(C)cs2)CCCC1. The molecule has 0 saturated heterocycles. The summed E-state index contributed by atoms with van der Waals surface area (Å²) in [6, 6.07) is 0. The Morgan fingerprint density at radius 3 is 2.76 bits per heavy atom. The zero-order valence-corrected chi connectivity index (χ0v) is 14.2. The van der Waals surface area contributed by atoms with E-state index < -0.39 is 0 Å². The maximum atomic E-state index is 6.06. The number of nitrogens with zero attached hydrogens (tertiary/aromatic N) is 2. The highest BCUT2D eigenvalue weighted by molar-refractivity contribution is 7.15. The van der Waals surface area contributed by atoms with Gasteiger partial charge in [-0.1, -0.05) is 19.8 Å². The van der Waals surface area contributed by atoms with Crippen molar-refractivity contribution in [1.29, 1.82) is 0 Å². The van der Waals surface area contributed by atoms with Crippen LogP contribution >= 0.6 is 22.9 Å². The highest BCUT2D eigenvalue weighted by Crippen LogP contribution is 2.43. The van der Waals surface area contributed by atoms with E-state index in [9.17, 15) is 0 Å². The molecule has 3 N–H and O–H groups in total. The third kappa shape index (κ3) is 2.92. The van der Waals surface area contributed by atoms with Gasteiger partial charge in [-0.15, -0.1) is 11.3 Å². The van der Waals surface area contributed by atoms with Crippen LogP contribution < -0.4 is 11.1 Å². The summed E-state index contributed by atoms with van der Waals surface area (Å²) in [6.07, 6.45) is 6.62. The molecule has 2 aromatic rings. The summed E-state index contributed by atoms with van der Waals surface area (Å²) in [5, 5.41) is 7.72. The Labute approximate surface area is 134 Å². The standard InChI is InChI=1S/C15H22N4S2/c1-3-15(6-4-5-7-15)9-17-13-11(12(16)19-21-13)14-18-10(2)8-20-14/h8,17H,3-7,9H2,1-2H3,(H2,16,19). The highest BCUT2D eigenvalue weighted by Gasteiger charge is 2.32. The molecule has 0 bridgehead atoms. The fourth-order valence-corrected chi connectivity index (χ4v) is 4.78. The van der Waals surface area contributed by atoms with Crippen LogP contribution in [0.5, 0.6) is 0 Å². The lowest BCUT2D eigenvalue weighted by atomic mass is 9.83. The van der Waals surface area contributed by atoms with E-state index in [1.807, 2.05) is 6.92 Å². The molecule has 1 aliphatic carbocycles. The van der Waals surface area contributed by atoms with E-state index in [2.05, 4.69) is 27.0 Å². The van der Waals surface area contributed by atoms with Crippen LogP contribution in [0, 0.1) is 12.3 Å². The van der Waals surface area contributed by atoms with Gasteiger partial charge in [0.05, 0.1) is 5.56 Å². The summed E-state index contributed by atoms with van der Waals surface area (Å²) in [4.78, 5) is 4.56. The maximum Gasteiger partial charge on any atom is 0.149 e. The summed E-state index contributed by atoms with van der Waals surface area (Å²) < 4.78 is 4.32. The van der Waals surface area contributed by atoms with Gasteiger partial charge in [0.2, 0.25) is 0 Å². The van der Waals surface area contributed by atoms with E-state index in [0.717, 1.165) is 27.8 Å². The largest absolute Gasteiger partial charge is 0.382 e. The molecule has 0 amide bonds. The zero-order valence-electron chi connectivity index (χ0n) is 12.6. The van der Waals surface area contributed by atoms with Crippen molar-refractivity contribution in [1.82, 2.24) is 9.36 Å². The van der Waals surface area contributed by atoms with Crippen LogP contribution in [0.3, 0.4) is 0 Å². The van der Waals surface area contributed by atoms with Crippen LogP contribution in [-0.4, -0.2) is 15.9 Å². The van der Waals surface area contributed by atoms with Crippen molar-refractivity contribution in [2.24, 2.45) is 5.41 Å². The van der Waals surface area contributed by atoms with Gasteiger partial charge >= 0.3 is 0 Å². The number of nitrogens with two attached hydrogens (primary N) is 1. The average Bonchev–Trinajstić information content (AvgIpc) is 3.17. The minimum atomic E-state index is 0.453. The fraction of sp³-hybridized carbons (Fsp3) is 0.600. The summed E-state index contributed by atoms with van der Waals surface area (Å²) in [6.45, 7) is 5.33. The number of anilines is 2. The Balaban J connectivity index is 1.80. The summed E-state index contributed by atoms with van der Waals surface area (Å²) in [7, 11) is 0. The first-order chi connectivity index (χ1) is 10.1. The quantitative estimate of drug-likeness (QED) is 0.848. The molecule has 1 aliphatic rings. The second kappa shape index (κ2) is 5.93. The number of aryl methyl sites for hydroxylation is 1. The van der Waals surface area contributed by atoms with E-state index in [4.69, 9.17) is 5.73 Å². The number of nitrogens with one attached hydrogen (secondary N) is 1. The smallest absolute Gasteiger partial charge is 0.149 e. The number of aromatic nitrogens is 2. The predicted octanol–water partition coefficient (Wildman–Crippen LogP) is 4.54. The molecule has 4 nitrogen and oxygen atoms in total. The zero-order chi connectivity index (χ0) is 14.9.